The number of aliphatic hydroxyl groups excluding tert-OH is 1. The van der Waals surface area contributed by atoms with Gasteiger partial charge >= 0.3 is 5.97 Å². The van der Waals surface area contributed by atoms with E-state index >= 15 is 0 Å². The first kappa shape index (κ1) is 15.4. The highest BCUT2D eigenvalue weighted by Gasteiger charge is 2.37. The van der Waals surface area contributed by atoms with Crippen LogP contribution in [0.2, 0.25) is 0 Å². The topological polar surface area (TPSA) is 81.0 Å². The fourth-order valence-electron chi connectivity index (χ4n) is 2.59. The summed E-state index contributed by atoms with van der Waals surface area (Å²) in [6.07, 6.45) is 2.13. The highest BCUT2D eigenvalue weighted by atomic mass is 16.4. The SMILES string of the molecule is CC(C)N(CCO)CC1(O)CCC(C(=O)O)CC1. The van der Waals surface area contributed by atoms with Crippen LogP contribution in [0.5, 0.6) is 0 Å². The summed E-state index contributed by atoms with van der Waals surface area (Å²) in [5.41, 5.74) is -0.800. The monoisotopic (exact) mass is 259 g/mol. The largest absolute Gasteiger partial charge is 0.481 e. The first-order valence-electron chi connectivity index (χ1n) is 6.68. The summed E-state index contributed by atoms with van der Waals surface area (Å²) >= 11 is 0. The maximum absolute atomic E-state index is 10.9. The lowest BCUT2D eigenvalue weighted by molar-refractivity contribution is -0.145. The summed E-state index contributed by atoms with van der Waals surface area (Å²) in [6, 6.07) is 0.262. The predicted molar refractivity (Wildman–Crippen MR) is 68.3 cm³/mol. The molecule has 0 spiro atoms. The van der Waals surface area contributed by atoms with E-state index in [4.69, 9.17) is 10.2 Å². The third-order valence-corrected chi connectivity index (χ3v) is 3.88. The number of aliphatic carboxylic acids is 1. The Bertz CT molecular complexity index is 272. The van der Waals surface area contributed by atoms with Crippen molar-refractivity contribution >= 4 is 5.97 Å². The Kier molecular flexibility index (Phi) is 5.56. The van der Waals surface area contributed by atoms with Gasteiger partial charge in [-0.25, -0.2) is 0 Å². The van der Waals surface area contributed by atoms with Crippen molar-refractivity contribution in [2.24, 2.45) is 5.92 Å². The molecule has 0 unspecified atom stereocenters. The Morgan fingerprint density at radius 3 is 2.33 bits per heavy atom. The normalized spacial score (nSPS) is 28.9. The molecule has 0 saturated heterocycles. The Labute approximate surface area is 108 Å². The number of carboxylic acid groups (broad SMARTS) is 1. The molecule has 0 aliphatic heterocycles. The van der Waals surface area contributed by atoms with Crippen molar-refractivity contribution < 1.29 is 20.1 Å². The van der Waals surface area contributed by atoms with Crippen LogP contribution >= 0.6 is 0 Å². The zero-order chi connectivity index (χ0) is 13.8. The lowest BCUT2D eigenvalue weighted by atomic mass is 9.78. The van der Waals surface area contributed by atoms with E-state index in [-0.39, 0.29) is 18.6 Å². The van der Waals surface area contributed by atoms with Crippen LogP contribution in [0.1, 0.15) is 39.5 Å². The summed E-state index contributed by atoms with van der Waals surface area (Å²) in [7, 11) is 0. The van der Waals surface area contributed by atoms with Gasteiger partial charge in [-0.1, -0.05) is 0 Å². The lowest BCUT2D eigenvalue weighted by Crippen LogP contribution is -2.49. The van der Waals surface area contributed by atoms with Crippen molar-refractivity contribution in [2.75, 3.05) is 19.7 Å². The second kappa shape index (κ2) is 6.50. The summed E-state index contributed by atoms with van der Waals surface area (Å²) < 4.78 is 0. The van der Waals surface area contributed by atoms with Crippen LogP contribution in [-0.2, 0) is 4.79 Å². The number of hydrogen-bond acceptors (Lipinski definition) is 4. The smallest absolute Gasteiger partial charge is 0.306 e. The maximum atomic E-state index is 10.9. The molecule has 0 atom stereocenters. The zero-order valence-corrected chi connectivity index (χ0v) is 11.3. The summed E-state index contributed by atoms with van der Waals surface area (Å²) in [5.74, 6) is -1.07. The molecule has 0 amide bonds. The van der Waals surface area contributed by atoms with Crippen LogP contribution in [0, 0.1) is 5.92 Å². The Morgan fingerprint density at radius 1 is 1.39 bits per heavy atom. The maximum Gasteiger partial charge on any atom is 0.306 e. The van der Waals surface area contributed by atoms with Gasteiger partial charge in [0.1, 0.15) is 0 Å². The molecule has 0 bridgehead atoms. The van der Waals surface area contributed by atoms with Crippen molar-refractivity contribution in [3.63, 3.8) is 0 Å². The zero-order valence-electron chi connectivity index (χ0n) is 11.3. The van der Waals surface area contributed by atoms with Crippen molar-refractivity contribution in [3.05, 3.63) is 0 Å². The number of carbonyl (C=O) groups is 1. The van der Waals surface area contributed by atoms with Crippen molar-refractivity contribution in [2.45, 2.75) is 51.2 Å². The molecule has 5 nitrogen and oxygen atoms in total. The number of carboxylic acids is 1. The fourth-order valence-corrected chi connectivity index (χ4v) is 2.59. The highest BCUT2D eigenvalue weighted by molar-refractivity contribution is 5.70. The summed E-state index contributed by atoms with van der Waals surface area (Å²) in [4.78, 5) is 12.9. The van der Waals surface area contributed by atoms with Crippen LogP contribution in [0.3, 0.4) is 0 Å². The molecular weight excluding hydrogens is 234 g/mol. The third kappa shape index (κ3) is 4.23. The molecule has 1 aliphatic rings. The average Bonchev–Trinajstić information content (AvgIpc) is 2.28. The van der Waals surface area contributed by atoms with Gasteiger partial charge in [-0.05, 0) is 39.5 Å². The van der Waals surface area contributed by atoms with E-state index in [9.17, 15) is 9.90 Å². The van der Waals surface area contributed by atoms with Crippen molar-refractivity contribution in [3.8, 4) is 0 Å². The predicted octanol–water partition coefficient (Wildman–Crippen LogP) is 0.695. The van der Waals surface area contributed by atoms with Gasteiger partial charge in [0.15, 0.2) is 0 Å². The van der Waals surface area contributed by atoms with E-state index in [1.165, 1.54) is 0 Å². The quantitative estimate of drug-likeness (QED) is 0.654. The number of nitrogens with zero attached hydrogens (tertiary/aromatic N) is 1. The fraction of sp³-hybridized carbons (Fsp3) is 0.923. The van der Waals surface area contributed by atoms with Crippen molar-refractivity contribution in [1.82, 2.24) is 4.90 Å². The van der Waals surface area contributed by atoms with Gasteiger partial charge < -0.3 is 15.3 Å². The molecule has 0 aromatic rings. The second-order valence-electron chi connectivity index (χ2n) is 5.62. The summed E-state index contributed by atoms with van der Waals surface area (Å²) in [6.45, 7) is 5.19. The van der Waals surface area contributed by atoms with E-state index in [1.807, 2.05) is 18.7 Å². The standard InChI is InChI=1S/C13H25NO4/c1-10(2)14(7-8-15)9-13(18)5-3-11(4-6-13)12(16)17/h10-11,15,18H,3-9H2,1-2H3,(H,16,17). The third-order valence-electron chi connectivity index (χ3n) is 3.88. The molecule has 5 heteroatoms. The molecule has 3 N–H and O–H groups in total. The van der Waals surface area contributed by atoms with E-state index in [2.05, 4.69) is 0 Å². The number of hydrogen-bond donors (Lipinski definition) is 3. The van der Waals surface area contributed by atoms with Crippen LogP contribution < -0.4 is 0 Å². The molecule has 1 fully saturated rings. The van der Waals surface area contributed by atoms with Crippen LogP contribution in [0.4, 0.5) is 0 Å². The van der Waals surface area contributed by atoms with Gasteiger partial charge in [-0.2, -0.15) is 0 Å². The van der Waals surface area contributed by atoms with E-state index in [0.29, 0.717) is 38.8 Å². The van der Waals surface area contributed by atoms with Gasteiger partial charge in [0.25, 0.3) is 0 Å². The van der Waals surface area contributed by atoms with Crippen molar-refractivity contribution in [1.29, 1.82) is 0 Å². The molecule has 0 radical (unpaired) electrons. The lowest BCUT2D eigenvalue weighted by Gasteiger charge is -2.39. The number of rotatable bonds is 6. The molecule has 1 rings (SSSR count). The minimum absolute atomic E-state index is 0.0754. The van der Waals surface area contributed by atoms with E-state index in [0.717, 1.165) is 0 Å². The van der Waals surface area contributed by atoms with Gasteiger partial charge in [0.05, 0.1) is 18.1 Å². The Hall–Kier alpha value is -0.650. The van der Waals surface area contributed by atoms with Crippen LogP contribution in [0.25, 0.3) is 0 Å². The average molecular weight is 259 g/mol. The molecule has 0 aromatic heterocycles. The van der Waals surface area contributed by atoms with Crippen LogP contribution in [0.15, 0.2) is 0 Å². The van der Waals surface area contributed by atoms with Gasteiger partial charge in [-0.15, -0.1) is 0 Å². The molecule has 1 saturated carbocycles. The Morgan fingerprint density at radius 2 is 1.94 bits per heavy atom. The molecule has 1 aliphatic carbocycles. The van der Waals surface area contributed by atoms with E-state index in [1.54, 1.807) is 0 Å². The van der Waals surface area contributed by atoms with Gasteiger partial charge in [0, 0.05) is 19.1 Å². The van der Waals surface area contributed by atoms with Gasteiger partial charge in [0.2, 0.25) is 0 Å². The second-order valence-corrected chi connectivity index (χ2v) is 5.62. The molecular formula is C13H25NO4. The minimum Gasteiger partial charge on any atom is -0.481 e. The van der Waals surface area contributed by atoms with Crippen LogP contribution in [-0.4, -0.2) is 57.5 Å². The Balaban J connectivity index is 2.53. The number of aliphatic hydroxyl groups is 2. The van der Waals surface area contributed by atoms with E-state index < -0.39 is 11.6 Å². The molecule has 18 heavy (non-hydrogen) atoms. The first-order valence-corrected chi connectivity index (χ1v) is 6.68. The first-order chi connectivity index (χ1) is 8.38. The van der Waals surface area contributed by atoms with Gasteiger partial charge in [-0.3, -0.25) is 9.69 Å². The molecule has 106 valence electrons. The molecule has 0 aromatic carbocycles. The minimum atomic E-state index is -0.800. The summed E-state index contributed by atoms with van der Waals surface area (Å²) in [5, 5.41) is 28.5. The molecule has 0 heterocycles. The highest BCUT2D eigenvalue weighted by Crippen LogP contribution is 2.33.